The molecule has 1 fully saturated rings. The van der Waals surface area contributed by atoms with Gasteiger partial charge < -0.3 is 9.64 Å². The fourth-order valence-electron chi connectivity index (χ4n) is 3.83. The molecule has 0 unspecified atom stereocenters. The largest absolute Gasteiger partial charge is 0.452 e. The van der Waals surface area contributed by atoms with Crippen molar-refractivity contribution in [2.45, 2.75) is 25.3 Å². The van der Waals surface area contributed by atoms with Gasteiger partial charge in [-0.05, 0) is 60.7 Å². The topological polar surface area (TPSA) is 90.7 Å². The summed E-state index contributed by atoms with van der Waals surface area (Å²) < 4.78 is 34.6. The second kappa shape index (κ2) is 8.07. The zero-order chi connectivity index (χ0) is 22.3. The standard InChI is InChI=1S/C23H23N3O5S/c1-32(28,29)30-13-12-26-21-9-6-19(14-18(21)15-24-26)25-11-10-22(23(25)27)31-20-7-4-17(5-8-20)16-2-3-16/h4-10,14-16H,2-3,11-13H2,1H3. The van der Waals surface area contributed by atoms with Gasteiger partial charge in [0.25, 0.3) is 16.0 Å². The van der Waals surface area contributed by atoms with Gasteiger partial charge in [0, 0.05) is 17.6 Å². The first-order chi connectivity index (χ1) is 15.4. The fraction of sp³-hybridized carbons (Fsp3) is 0.304. The van der Waals surface area contributed by atoms with E-state index in [1.165, 1.54) is 18.4 Å². The molecule has 9 heteroatoms. The predicted molar refractivity (Wildman–Crippen MR) is 120 cm³/mol. The smallest absolute Gasteiger partial charge is 0.294 e. The Morgan fingerprint density at radius 3 is 2.62 bits per heavy atom. The van der Waals surface area contributed by atoms with Gasteiger partial charge in [0.15, 0.2) is 5.76 Å². The van der Waals surface area contributed by atoms with E-state index >= 15 is 0 Å². The van der Waals surface area contributed by atoms with Crippen LogP contribution in [0, 0.1) is 0 Å². The molecule has 5 rings (SSSR count). The quantitative estimate of drug-likeness (QED) is 0.487. The van der Waals surface area contributed by atoms with E-state index in [0.717, 1.165) is 22.8 Å². The molecule has 2 aliphatic rings. The number of fused-ring (bicyclic) bond motifs is 1. The minimum atomic E-state index is -3.49. The number of carbonyl (C=O) groups excluding carboxylic acids is 1. The zero-order valence-corrected chi connectivity index (χ0v) is 18.4. The van der Waals surface area contributed by atoms with Crippen LogP contribution in [0.15, 0.2) is 60.5 Å². The van der Waals surface area contributed by atoms with E-state index in [0.29, 0.717) is 30.5 Å². The molecule has 2 heterocycles. The van der Waals surface area contributed by atoms with Gasteiger partial charge in [-0.15, -0.1) is 0 Å². The summed E-state index contributed by atoms with van der Waals surface area (Å²) in [7, 11) is -3.49. The number of amides is 1. The molecule has 166 valence electrons. The van der Waals surface area contributed by atoms with Crippen LogP contribution in [0.4, 0.5) is 5.69 Å². The maximum Gasteiger partial charge on any atom is 0.294 e. The molecule has 0 N–H and O–H groups in total. The number of hydrogen-bond acceptors (Lipinski definition) is 6. The minimum Gasteiger partial charge on any atom is -0.452 e. The van der Waals surface area contributed by atoms with E-state index in [2.05, 4.69) is 17.2 Å². The first-order valence-corrected chi connectivity index (χ1v) is 12.3. The van der Waals surface area contributed by atoms with Gasteiger partial charge in [-0.2, -0.15) is 13.5 Å². The number of nitrogens with zero attached hydrogens (tertiary/aromatic N) is 3. The Morgan fingerprint density at radius 1 is 1.12 bits per heavy atom. The predicted octanol–water partition coefficient (Wildman–Crippen LogP) is 3.20. The van der Waals surface area contributed by atoms with Gasteiger partial charge in [0.2, 0.25) is 0 Å². The summed E-state index contributed by atoms with van der Waals surface area (Å²) in [4.78, 5) is 14.6. The van der Waals surface area contributed by atoms with Gasteiger partial charge in [-0.1, -0.05) is 12.1 Å². The Kier molecular flexibility index (Phi) is 5.22. The number of carbonyl (C=O) groups is 1. The molecule has 1 saturated carbocycles. The van der Waals surface area contributed by atoms with Crippen molar-refractivity contribution >= 4 is 32.6 Å². The highest BCUT2D eigenvalue weighted by molar-refractivity contribution is 7.85. The van der Waals surface area contributed by atoms with Crippen LogP contribution in [0.25, 0.3) is 10.9 Å². The van der Waals surface area contributed by atoms with Crippen LogP contribution in [0.5, 0.6) is 5.75 Å². The molecule has 0 bridgehead atoms. The number of hydrogen-bond donors (Lipinski definition) is 0. The van der Waals surface area contributed by atoms with E-state index in [9.17, 15) is 13.2 Å². The van der Waals surface area contributed by atoms with Crippen LogP contribution in [-0.2, 0) is 25.6 Å². The Hall–Kier alpha value is -3.17. The second-order valence-corrected chi connectivity index (χ2v) is 9.71. The summed E-state index contributed by atoms with van der Waals surface area (Å²) >= 11 is 0. The Bertz CT molecular complexity index is 1310. The van der Waals surface area contributed by atoms with Crippen molar-refractivity contribution in [1.82, 2.24) is 9.78 Å². The van der Waals surface area contributed by atoms with E-state index in [1.807, 2.05) is 30.3 Å². The van der Waals surface area contributed by atoms with Crippen LogP contribution >= 0.6 is 0 Å². The van der Waals surface area contributed by atoms with Crippen LogP contribution < -0.4 is 9.64 Å². The summed E-state index contributed by atoms with van der Waals surface area (Å²) in [6.07, 6.45) is 6.98. The van der Waals surface area contributed by atoms with Gasteiger partial charge >= 0.3 is 0 Å². The average Bonchev–Trinajstić information content (AvgIpc) is 3.45. The molecule has 0 saturated heterocycles. The Balaban J connectivity index is 1.25. The van der Waals surface area contributed by atoms with E-state index < -0.39 is 10.1 Å². The first kappa shape index (κ1) is 20.7. The monoisotopic (exact) mass is 453 g/mol. The lowest BCUT2D eigenvalue weighted by Crippen LogP contribution is -2.27. The van der Waals surface area contributed by atoms with Gasteiger partial charge in [0.05, 0.1) is 31.1 Å². The molecule has 1 aliphatic carbocycles. The normalized spacial score (nSPS) is 16.6. The molecule has 1 aromatic heterocycles. The van der Waals surface area contributed by atoms with Crippen molar-refractivity contribution in [2.75, 3.05) is 24.3 Å². The Morgan fingerprint density at radius 2 is 1.91 bits per heavy atom. The minimum absolute atomic E-state index is 0.00816. The third-order valence-electron chi connectivity index (χ3n) is 5.61. The van der Waals surface area contributed by atoms with Crippen LogP contribution in [0.1, 0.15) is 24.3 Å². The maximum atomic E-state index is 12.9. The zero-order valence-electron chi connectivity index (χ0n) is 17.6. The molecule has 0 radical (unpaired) electrons. The third-order valence-corrected chi connectivity index (χ3v) is 6.20. The van der Waals surface area contributed by atoms with Crippen molar-refractivity contribution in [1.29, 1.82) is 0 Å². The highest BCUT2D eigenvalue weighted by Gasteiger charge is 2.28. The second-order valence-electron chi connectivity index (χ2n) is 8.07. The SMILES string of the molecule is CS(=O)(=O)OCCn1ncc2cc(N3CC=C(Oc4ccc(C5CC5)cc4)C3=O)ccc21. The summed E-state index contributed by atoms with van der Waals surface area (Å²) in [6.45, 7) is 0.738. The van der Waals surface area contributed by atoms with Crippen LogP contribution in [-0.4, -0.2) is 43.5 Å². The number of anilines is 1. The molecular formula is C23H23N3O5S. The van der Waals surface area contributed by atoms with Crippen molar-refractivity contribution in [3.05, 3.63) is 66.1 Å². The van der Waals surface area contributed by atoms with Crippen molar-refractivity contribution in [2.24, 2.45) is 0 Å². The lowest BCUT2D eigenvalue weighted by atomic mass is 10.1. The van der Waals surface area contributed by atoms with Crippen molar-refractivity contribution in [3.8, 4) is 5.75 Å². The molecule has 2 aromatic carbocycles. The third kappa shape index (κ3) is 4.39. The maximum absolute atomic E-state index is 12.9. The highest BCUT2D eigenvalue weighted by Crippen LogP contribution is 2.40. The van der Waals surface area contributed by atoms with Crippen molar-refractivity contribution in [3.63, 3.8) is 0 Å². The molecule has 0 atom stereocenters. The summed E-state index contributed by atoms with van der Waals surface area (Å²) in [6, 6.07) is 13.6. The molecule has 32 heavy (non-hydrogen) atoms. The molecule has 3 aromatic rings. The molecule has 1 aliphatic heterocycles. The van der Waals surface area contributed by atoms with Gasteiger partial charge in [-0.3, -0.25) is 13.7 Å². The van der Waals surface area contributed by atoms with Crippen molar-refractivity contribution < 1.29 is 22.1 Å². The number of ether oxygens (including phenoxy) is 1. The number of benzene rings is 2. The fourth-order valence-corrected chi connectivity index (χ4v) is 4.21. The number of rotatable bonds is 8. The lowest BCUT2D eigenvalue weighted by molar-refractivity contribution is -0.116. The van der Waals surface area contributed by atoms with Gasteiger partial charge in [-0.25, -0.2) is 0 Å². The Labute approximate surface area is 186 Å². The molecule has 0 spiro atoms. The summed E-state index contributed by atoms with van der Waals surface area (Å²) in [5.74, 6) is 1.46. The number of aromatic nitrogens is 2. The highest BCUT2D eigenvalue weighted by atomic mass is 32.2. The van der Waals surface area contributed by atoms with E-state index in [4.69, 9.17) is 8.92 Å². The first-order valence-electron chi connectivity index (χ1n) is 10.5. The lowest BCUT2D eigenvalue weighted by Gasteiger charge is -2.17. The van der Waals surface area contributed by atoms with Crippen LogP contribution in [0.2, 0.25) is 0 Å². The average molecular weight is 454 g/mol. The van der Waals surface area contributed by atoms with Gasteiger partial charge in [0.1, 0.15) is 5.75 Å². The van der Waals surface area contributed by atoms with Crippen LogP contribution in [0.3, 0.4) is 0 Å². The summed E-state index contributed by atoms with van der Waals surface area (Å²) in [5.41, 5.74) is 2.90. The molecule has 8 nitrogen and oxygen atoms in total. The summed E-state index contributed by atoms with van der Waals surface area (Å²) in [5, 5.41) is 5.14. The molecule has 1 amide bonds. The van der Waals surface area contributed by atoms with E-state index in [1.54, 1.807) is 21.9 Å². The van der Waals surface area contributed by atoms with E-state index in [-0.39, 0.29) is 12.5 Å². The molecular weight excluding hydrogens is 430 g/mol.